The van der Waals surface area contributed by atoms with Crippen LogP contribution in [-0.4, -0.2) is 40.8 Å². The van der Waals surface area contributed by atoms with E-state index in [0.29, 0.717) is 24.3 Å². The topological polar surface area (TPSA) is 77.4 Å². The second-order valence-corrected chi connectivity index (χ2v) is 5.13. The molecule has 1 atom stereocenters. The minimum Gasteiger partial charge on any atom is -0.379 e. The summed E-state index contributed by atoms with van der Waals surface area (Å²) in [5, 5.41) is 3.91. The average Bonchev–Trinajstić information content (AvgIpc) is 2.69. The highest BCUT2D eigenvalue weighted by molar-refractivity contribution is 5.85. The molecule has 1 aromatic rings. The molecule has 1 saturated heterocycles. The van der Waals surface area contributed by atoms with E-state index >= 15 is 0 Å². The molecule has 0 spiro atoms. The first kappa shape index (κ1) is 15.4. The van der Waals surface area contributed by atoms with Gasteiger partial charge in [0.15, 0.2) is 5.82 Å². The van der Waals surface area contributed by atoms with Gasteiger partial charge in [-0.15, -0.1) is 12.4 Å². The van der Waals surface area contributed by atoms with Crippen LogP contribution in [0.5, 0.6) is 0 Å². The zero-order chi connectivity index (χ0) is 12.5. The van der Waals surface area contributed by atoms with Gasteiger partial charge >= 0.3 is 0 Å². The molecular formula is C11H21ClN4O2. The highest BCUT2D eigenvalue weighted by Crippen LogP contribution is 2.15. The molecular weight excluding hydrogens is 256 g/mol. The van der Waals surface area contributed by atoms with Gasteiger partial charge in [0.2, 0.25) is 5.89 Å². The summed E-state index contributed by atoms with van der Waals surface area (Å²) in [6, 6.07) is 0.380. The molecule has 1 unspecified atom stereocenters. The fraction of sp³-hybridized carbons (Fsp3) is 0.818. The van der Waals surface area contributed by atoms with Crippen molar-refractivity contribution in [3.63, 3.8) is 0 Å². The zero-order valence-electron chi connectivity index (χ0n) is 11.0. The van der Waals surface area contributed by atoms with Crippen LogP contribution in [0.4, 0.5) is 0 Å². The van der Waals surface area contributed by atoms with Crippen LogP contribution in [0, 0.1) is 0 Å². The summed E-state index contributed by atoms with van der Waals surface area (Å²) in [7, 11) is 0. The van der Waals surface area contributed by atoms with E-state index < -0.39 is 5.54 Å². The maximum Gasteiger partial charge on any atom is 0.240 e. The number of nitrogens with zero attached hydrogens (tertiary/aromatic N) is 3. The molecule has 0 aliphatic carbocycles. The van der Waals surface area contributed by atoms with Crippen molar-refractivity contribution < 1.29 is 9.26 Å². The number of nitrogens with two attached hydrogens (primary N) is 1. The fourth-order valence-electron chi connectivity index (χ4n) is 1.75. The number of hydrogen-bond acceptors (Lipinski definition) is 6. The normalized spacial score (nSPS) is 21.7. The number of halogens is 1. The van der Waals surface area contributed by atoms with Crippen molar-refractivity contribution in [1.29, 1.82) is 0 Å². The average molecular weight is 277 g/mol. The molecule has 0 bridgehead atoms. The molecule has 1 aromatic heterocycles. The Hall–Kier alpha value is -0.690. The third-order valence-electron chi connectivity index (χ3n) is 2.89. The lowest BCUT2D eigenvalue weighted by Crippen LogP contribution is -2.43. The Morgan fingerprint density at radius 3 is 2.78 bits per heavy atom. The highest BCUT2D eigenvalue weighted by atomic mass is 35.5. The quantitative estimate of drug-likeness (QED) is 0.884. The van der Waals surface area contributed by atoms with Gasteiger partial charge in [0.05, 0.1) is 25.3 Å². The van der Waals surface area contributed by atoms with Gasteiger partial charge in [-0.25, -0.2) is 0 Å². The first-order valence-electron chi connectivity index (χ1n) is 5.90. The van der Waals surface area contributed by atoms with Crippen LogP contribution in [0.2, 0.25) is 0 Å². The van der Waals surface area contributed by atoms with Crippen LogP contribution >= 0.6 is 12.4 Å². The number of hydrogen-bond donors (Lipinski definition) is 1. The van der Waals surface area contributed by atoms with Crippen molar-refractivity contribution in [1.82, 2.24) is 15.0 Å². The van der Waals surface area contributed by atoms with Gasteiger partial charge in [-0.1, -0.05) is 5.16 Å². The van der Waals surface area contributed by atoms with Crippen LogP contribution in [0.1, 0.15) is 32.5 Å². The monoisotopic (exact) mass is 276 g/mol. The molecule has 104 valence electrons. The van der Waals surface area contributed by atoms with E-state index in [4.69, 9.17) is 15.0 Å². The molecule has 2 N–H and O–H groups in total. The van der Waals surface area contributed by atoms with Crippen LogP contribution in [-0.2, 0) is 16.8 Å². The van der Waals surface area contributed by atoms with E-state index in [1.807, 2.05) is 13.8 Å². The first-order valence-corrected chi connectivity index (χ1v) is 5.90. The second-order valence-electron chi connectivity index (χ2n) is 5.13. The SMILES string of the molecule is CC1COCCN1Cc1nc(C(C)(C)N)no1.Cl. The van der Waals surface area contributed by atoms with Gasteiger partial charge in [0.25, 0.3) is 0 Å². The van der Waals surface area contributed by atoms with Crippen molar-refractivity contribution in [2.24, 2.45) is 5.73 Å². The Balaban J connectivity index is 0.00000162. The van der Waals surface area contributed by atoms with Gasteiger partial charge in [-0.05, 0) is 20.8 Å². The Morgan fingerprint density at radius 2 is 2.22 bits per heavy atom. The maximum atomic E-state index is 5.91. The molecule has 1 fully saturated rings. The van der Waals surface area contributed by atoms with Gasteiger partial charge in [0.1, 0.15) is 0 Å². The Kier molecular flexibility index (Phi) is 5.10. The maximum absolute atomic E-state index is 5.91. The summed E-state index contributed by atoms with van der Waals surface area (Å²) in [5.74, 6) is 1.17. The minimum atomic E-state index is -0.557. The van der Waals surface area contributed by atoms with Gasteiger partial charge in [-0.3, -0.25) is 4.90 Å². The number of aromatic nitrogens is 2. The summed E-state index contributed by atoms with van der Waals surface area (Å²) in [5.41, 5.74) is 5.35. The standard InChI is InChI=1S/C11H20N4O2.ClH/c1-8-7-16-5-4-15(8)6-9-13-10(14-17-9)11(2,3)12;/h8H,4-7,12H2,1-3H3;1H. The molecule has 18 heavy (non-hydrogen) atoms. The van der Waals surface area contributed by atoms with Crippen LogP contribution in [0.3, 0.4) is 0 Å². The van der Waals surface area contributed by atoms with Crippen molar-refractivity contribution in [2.45, 2.75) is 38.9 Å². The molecule has 0 aromatic carbocycles. The van der Waals surface area contributed by atoms with Gasteiger partial charge in [0, 0.05) is 12.6 Å². The van der Waals surface area contributed by atoms with E-state index in [9.17, 15) is 0 Å². The predicted octanol–water partition coefficient (Wildman–Crippen LogP) is 0.906. The summed E-state index contributed by atoms with van der Waals surface area (Å²) in [6.07, 6.45) is 0. The van der Waals surface area contributed by atoms with Crippen LogP contribution in [0.25, 0.3) is 0 Å². The Bertz CT molecular complexity index is 377. The lowest BCUT2D eigenvalue weighted by Gasteiger charge is -2.31. The van der Waals surface area contributed by atoms with E-state index in [-0.39, 0.29) is 12.4 Å². The van der Waals surface area contributed by atoms with Crippen LogP contribution in [0.15, 0.2) is 4.52 Å². The molecule has 2 rings (SSSR count). The molecule has 0 amide bonds. The Labute approximate surface area is 113 Å². The fourth-order valence-corrected chi connectivity index (χ4v) is 1.75. The molecule has 1 aliphatic heterocycles. The largest absolute Gasteiger partial charge is 0.379 e. The molecule has 6 nitrogen and oxygen atoms in total. The summed E-state index contributed by atoms with van der Waals surface area (Å²) in [4.78, 5) is 6.59. The number of morpholine rings is 1. The summed E-state index contributed by atoms with van der Waals surface area (Å²) >= 11 is 0. The molecule has 2 heterocycles. The van der Waals surface area contributed by atoms with Gasteiger partial charge < -0.3 is 15.0 Å². The van der Waals surface area contributed by atoms with Crippen molar-refractivity contribution >= 4 is 12.4 Å². The summed E-state index contributed by atoms with van der Waals surface area (Å²) < 4.78 is 10.6. The third kappa shape index (κ3) is 3.65. The Morgan fingerprint density at radius 1 is 1.50 bits per heavy atom. The molecule has 0 saturated carbocycles. The van der Waals surface area contributed by atoms with Crippen molar-refractivity contribution in [2.75, 3.05) is 19.8 Å². The zero-order valence-corrected chi connectivity index (χ0v) is 11.9. The third-order valence-corrected chi connectivity index (χ3v) is 2.89. The second kappa shape index (κ2) is 5.97. The van der Waals surface area contributed by atoms with Crippen LogP contribution < -0.4 is 5.73 Å². The van der Waals surface area contributed by atoms with Gasteiger partial charge in [-0.2, -0.15) is 4.98 Å². The first-order chi connectivity index (χ1) is 7.97. The smallest absolute Gasteiger partial charge is 0.240 e. The van der Waals surface area contributed by atoms with Crippen molar-refractivity contribution in [3.8, 4) is 0 Å². The van der Waals surface area contributed by atoms with E-state index in [2.05, 4.69) is 22.0 Å². The lowest BCUT2D eigenvalue weighted by atomic mass is 10.1. The molecule has 0 radical (unpaired) electrons. The predicted molar refractivity (Wildman–Crippen MR) is 69.5 cm³/mol. The van der Waals surface area contributed by atoms with E-state index in [1.54, 1.807) is 0 Å². The van der Waals surface area contributed by atoms with E-state index in [1.165, 1.54) is 0 Å². The minimum absolute atomic E-state index is 0. The number of ether oxygens (including phenoxy) is 1. The highest BCUT2D eigenvalue weighted by Gasteiger charge is 2.24. The lowest BCUT2D eigenvalue weighted by molar-refractivity contribution is -0.00852. The van der Waals surface area contributed by atoms with Crippen molar-refractivity contribution in [3.05, 3.63) is 11.7 Å². The molecule has 7 heteroatoms. The number of rotatable bonds is 3. The molecule has 1 aliphatic rings. The summed E-state index contributed by atoms with van der Waals surface area (Å²) in [6.45, 7) is 8.91. The van der Waals surface area contributed by atoms with E-state index in [0.717, 1.165) is 19.8 Å².